The highest BCUT2D eigenvalue weighted by Gasteiger charge is 2.45. The average Bonchev–Trinajstić information content (AvgIpc) is 3.10. The Morgan fingerprint density at radius 3 is 2.58 bits per heavy atom. The minimum atomic E-state index is -3.82. The van der Waals surface area contributed by atoms with E-state index in [0.29, 0.717) is 22.4 Å². The van der Waals surface area contributed by atoms with E-state index in [-0.39, 0.29) is 18.8 Å². The van der Waals surface area contributed by atoms with Crippen molar-refractivity contribution >= 4 is 52.6 Å². The summed E-state index contributed by atoms with van der Waals surface area (Å²) in [5.74, 6) is -2.10. The summed E-state index contributed by atoms with van der Waals surface area (Å²) in [7, 11) is -3.82. The molecule has 1 atom stereocenters. The minimum absolute atomic E-state index is 0.211. The van der Waals surface area contributed by atoms with Crippen LogP contribution < -0.4 is 5.32 Å². The van der Waals surface area contributed by atoms with Crippen LogP contribution in [-0.2, 0) is 18.4 Å². The van der Waals surface area contributed by atoms with E-state index in [0.717, 1.165) is 22.9 Å². The summed E-state index contributed by atoms with van der Waals surface area (Å²) in [5, 5.41) is 5.43. The molecule has 1 aliphatic rings. The van der Waals surface area contributed by atoms with Crippen molar-refractivity contribution in [2.45, 2.75) is 12.1 Å². The Hall–Kier alpha value is -2.09. The molecule has 1 unspecified atom stereocenters. The number of hydrogen-bond donors (Lipinski definition) is 1. The van der Waals surface area contributed by atoms with Crippen LogP contribution in [-0.4, -0.2) is 19.1 Å². The fraction of sp³-hybridized carbons (Fsp3) is 0.190. The highest BCUT2D eigenvalue weighted by atomic mass is 35.5. The second-order valence-corrected chi connectivity index (χ2v) is 10.3. The molecule has 0 spiro atoms. The zero-order valence-electron chi connectivity index (χ0n) is 16.0. The number of rotatable bonds is 5. The molecule has 1 amide bonds. The third kappa shape index (κ3) is 4.89. The van der Waals surface area contributed by atoms with Gasteiger partial charge < -0.3 is 14.4 Å². The van der Waals surface area contributed by atoms with E-state index in [1.165, 1.54) is 23.6 Å². The molecule has 1 fully saturated rings. The van der Waals surface area contributed by atoms with Crippen molar-refractivity contribution in [3.63, 3.8) is 0 Å². The average molecular weight is 484 g/mol. The van der Waals surface area contributed by atoms with Gasteiger partial charge in [0.05, 0.1) is 13.2 Å². The first-order chi connectivity index (χ1) is 14.9. The lowest BCUT2D eigenvalue weighted by Crippen LogP contribution is -2.28. The Kier molecular flexibility index (Phi) is 6.55. The number of carbonyl (C=O) groups is 1. The normalized spacial score (nSPS) is 17.1. The zero-order valence-corrected chi connectivity index (χ0v) is 18.5. The Bertz CT molecular complexity index is 1190. The smallest absolute Gasteiger partial charge is 0.332 e. The van der Waals surface area contributed by atoms with Gasteiger partial charge in [-0.3, -0.25) is 9.36 Å². The van der Waals surface area contributed by atoms with E-state index in [9.17, 15) is 18.1 Å². The van der Waals surface area contributed by atoms with Crippen LogP contribution >= 0.6 is 30.5 Å². The predicted molar refractivity (Wildman–Crippen MR) is 117 cm³/mol. The maximum absolute atomic E-state index is 13.5. The molecule has 3 aromatic rings. The van der Waals surface area contributed by atoms with Gasteiger partial charge in [0.2, 0.25) is 5.91 Å². The lowest BCUT2D eigenvalue weighted by atomic mass is 10.1. The van der Waals surface area contributed by atoms with Gasteiger partial charge in [-0.2, -0.15) is 0 Å². The fourth-order valence-corrected chi connectivity index (χ4v) is 6.58. The molecule has 1 aliphatic heterocycles. The van der Waals surface area contributed by atoms with Crippen molar-refractivity contribution in [2.24, 2.45) is 0 Å². The van der Waals surface area contributed by atoms with Gasteiger partial charge in [-0.05, 0) is 64.7 Å². The molecule has 0 radical (unpaired) electrons. The van der Waals surface area contributed by atoms with Crippen LogP contribution in [0.1, 0.15) is 23.2 Å². The van der Waals surface area contributed by atoms with Crippen LogP contribution in [0.3, 0.4) is 0 Å². The van der Waals surface area contributed by atoms with Crippen LogP contribution in [0.5, 0.6) is 0 Å². The van der Waals surface area contributed by atoms with Crippen LogP contribution in [0.2, 0.25) is 5.02 Å². The summed E-state index contributed by atoms with van der Waals surface area (Å²) in [6, 6.07) is 8.24. The van der Waals surface area contributed by atoms with Gasteiger partial charge in [-0.25, -0.2) is 8.78 Å². The van der Waals surface area contributed by atoms with E-state index >= 15 is 0 Å². The Morgan fingerprint density at radius 1 is 1.16 bits per heavy atom. The summed E-state index contributed by atoms with van der Waals surface area (Å²) in [6.45, 7) is 0.421. The number of halogens is 3. The molecule has 1 aromatic heterocycles. The summed E-state index contributed by atoms with van der Waals surface area (Å²) < 4.78 is 52.0. The number of fused-ring (bicyclic) bond motifs is 1. The SMILES string of the molecule is O=C(NC=Cc1cc(F)cc(F)c1)C(c1csc2ccc(Cl)cc12)P1(=O)OCCCO1. The quantitative estimate of drug-likeness (QED) is 0.433. The molecular formula is C21H17ClF2NO4PS. The number of benzene rings is 2. The summed E-state index contributed by atoms with van der Waals surface area (Å²) >= 11 is 7.51. The maximum atomic E-state index is 13.5. The van der Waals surface area contributed by atoms with Gasteiger partial charge in [-0.15, -0.1) is 11.3 Å². The number of carbonyl (C=O) groups excluding carboxylic acids is 1. The van der Waals surface area contributed by atoms with E-state index in [1.54, 1.807) is 17.5 Å². The van der Waals surface area contributed by atoms with E-state index < -0.39 is 30.8 Å². The van der Waals surface area contributed by atoms with Crippen molar-refractivity contribution in [3.8, 4) is 0 Å². The number of amides is 1. The third-order valence-corrected chi connectivity index (χ3v) is 8.09. The monoisotopic (exact) mass is 483 g/mol. The molecule has 2 aromatic carbocycles. The fourth-order valence-electron chi connectivity index (χ4n) is 3.29. The number of nitrogens with one attached hydrogen (secondary N) is 1. The molecule has 0 saturated carbocycles. The van der Waals surface area contributed by atoms with E-state index in [2.05, 4.69) is 5.32 Å². The van der Waals surface area contributed by atoms with Gasteiger partial charge in [0.25, 0.3) is 0 Å². The first-order valence-electron chi connectivity index (χ1n) is 9.34. The zero-order chi connectivity index (χ0) is 22.0. The predicted octanol–water partition coefficient (Wildman–Crippen LogP) is 6.29. The Balaban J connectivity index is 1.67. The van der Waals surface area contributed by atoms with Gasteiger partial charge >= 0.3 is 7.60 Å². The number of thiophene rings is 1. The molecule has 5 nitrogen and oxygen atoms in total. The molecule has 31 heavy (non-hydrogen) atoms. The first-order valence-corrected chi connectivity index (χ1v) is 12.2. The van der Waals surface area contributed by atoms with E-state index in [1.807, 2.05) is 6.07 Å². The van der Waals surface area contributed by atoms with Crippen LogP contribution in [0.15, 0.2) is 48.0 Å². The molecule has 4 rings (SSSR count). The Labute approximate surface area is 186 Å². The largest absolute Gasteiger partial charge is 0.347 e. The molecule has 10 heteroatoms. The molecule has 1 N–H and O–H groups in total. The molecule has 1 saturated heterocycles. The topological polar surface area (TPSA) is 64.6 Å². The van der Waals surface area contributed by atoms with Gasteiger partial charge in [-0.1, -0.05) is 11.6 Å². The van der Waals surface area contributed by atoms with Gasteiger partial charge in [0.15, 0.2) is 5.66 Å². The Morgan fingerprint density at radius 2 is 1.87 bits per heavy atom. The first kappa shape index (κ1) is 22.1. The lowest BCUT2D eigenvalue weighted by Gasteiger charge is -2.29. The highest BCUT2D eigenvalue weighted by molar-refractivity contribution is 7.55. The number of hydrogen-bond acceptors (Lipinski definition) is 5. The summed E-state index contributed by atoms with van der Waals surface area (Å²) in [6.07, 6.45) is 3.14. The van der Waals surface area contributed by atoms with Crippen molar-refractivity contribution in [1.29, 1.82) is 0 Å². The van der Waals surface area contributed by atoms with Gasteiger partial charge in [0, 0.05) is 22.0 Å². The van der Waals surface area contributed by atoms with Crippen molar-refractivity contribution in [3.05, 3.63) is 75.8 Å². The lowest BCUT2D eigenvalue weighted by molar-refractivity contribution is -0.120. The molecule has 162 valence electrons. The van der Waals surface area contributed by atoms with Crippen molar-refractivity contribution < 1.29 is 27.2 Å². The summed E-state index contributed by atoms with van der Waals surface area (Å²) in [4.78, 5) is 13.1. The van der Waals surface area contributed by atoms with Crippen molar-refractivity contribution in [2.75, 3.05) is 13.2 Å². The molecule has 0 aliphatic carbocycles. The second kappa shape index (κ2) is 9.18. The standard InChI is InChI=1S/C21H17ClF2NO4PS/c22-14-2-3-19-17(10-14)18(12-31-19)20(30(27)28-6-1-7-29-30)21(26)25-5-4-13-8-15(23)11-16(24)9-13/h2-5,8-12,20H,1,6-7H2,(H,25,26). The third-order valence-electron chi connectivity index (χ3n) is 4.64. The summed E-state index contributed by atoms with van der Waals surface area (Å²) in [5.41, 5.74) is -0.525. The van der Waals surface area contributed by atoms with Crippen LogP contribution in [0.4, 0.5) is 8.78 Å². The molecule has 0 bridgehead atoms. The second-order valence-electron chi connectivity index (χ2n) is 6.84. The molecular weight excluding hydrogens is 467 g/mol. The van der Waals surface area contributed by atoms with Crippen LogP contribution in [0, 0.1) is 11.6 Å². The van der Waals surface area contributed by atoms with Gasteiger partial charge in [0.1, 0.15) is 11.6 Å². The molecule has 2 heterocycles. The minimum Gasteiger partial charge on any atom is -0.332 e. The van der Waals surface area contributed by atoms with Crippen LogP contribution in [0.25, 0.3) is 16.2 Å². The highest BCUT2D eigenvalue weighted by Crippen LogP contribution is 2.63. The van der Waals surface area contributed by atoms with E-state index in [4.69, 9.17) is 20.6 Å². The maximum Gasteiger partial charge on any atom is 0.347 e. The van der Waals surface area contributed by atoms with Crippen molar-refractivity contribution in [1.82, 2.24) is 5.32 Å².